The number of hydrogen-bond donors (Lipinski definition) is 3. The van der Waals surface area contributed by atoms with Crippen molar-refractivity contribution < 1.29 is 23.9 Å². The lowest BCUT2D eigenvalue weighted by Gasteiger charge is -2.24. The number of carbonyl (C=O) groups excluding carboxylic acids is 3. The van der Waals surface area contributed by atoms with E-state index in [0.29, 0.717) is 11.3 Å². The smallest absolute Gasteiger partial charge is 0.310 e. The highest BCUT2D eigenvalue weighted by Gasteiger charge is 2.38. The molecule has 0 spiro atoms. The van der Waals surface area contributed by atoms with Crippen LogP contribution in [0.5, 0.6) is 0 Å². The molecule has 0 unspecified atom stereocenters. The zero-order chi connectivity index (χ0) is 26.5. The Labute approximate surface area is 217 Å². The van der Waals surface area contributed by atoms with Crippen LogP contribution in [0, 0.1) is 0 Å². The number of carbonyl (C=O) groups is 3. The molecule has 3 atom stereocenters. The van der Waals surface area contributed by atoms with Gasteiger partial charge in [0.25, 0.3) is 11.5 Å². The van der Waals surface area contributed by atoms with Gasteiger partial charge in [0.05, 0.1) is 17.1 Å². The number of hydrogen-bond acceptors (Lipinski definition) is 7. The maximum atomic E-state index is 13.5. The molecule has 0 saturated carbocycles. The maximum absolute atomic E-state index is 13.5. The number of pyridine rings is 1. The molecule has 2 aromatic carbocycles. The van der Waals surface area contributed by atoms with Gasteiger partial charge < -0.3 is 25.8 Å². The summed E-state index contributed by atoms with van der Waals surface area (Å²) in [5.74, 6) is -1.61. The lowest BCUT2D eigenvalue weighted by molar-refractivity contribution is -0.164. The fourth-order valence-electron chi connectivity index (χ4n) is 3.98. The first-order valence-corrected chi connectivity index (χ1v) is 11.9. The van der Waals surface area contributed by atoms with Crippen LogP contribution in [0.25, 0.3) is 0 Å². The quantitative estimate of drug-likeness (QED) is 0.304. The average molecular weight is 525 g/mol. The summed E-state index contributed by atoms with van der Waals surface area (Å²) in [7, 11) is 0. The van der Waals surface area contributed by atoms with Crippen molar-refractivity contribution in [1.82, 2.24) is 9.88 Å². The zero-order valence-electron chi connectivity index (χ0n) is 19.8. The van der Waals surface area contributed by atoms with Crippen molar-refractivity contribution in [3.05, 3.63) is 93.4 Å². The number of rotatable bonds is 8. The Hall–Kier alpha value is -4.15. The topological polar surface area (TPSA) is 142 Å². The molecule has 0 radical (unpaired) electrons. The number of anilines is 2. The molecule has 192 valence electrons. The van der Waals surface area contributed by atoms with Crippen LogP contribution >= 0.6 is 11.6 Å². The van der Waals surface area contributed by atoms with Crippen molar-refractivity contribution in [2.24, 2.45) is 0 Å². The second kappa shape index (κ2) is 11.3. The molecule has 1 aliphatic heterocycles. The highest BCUT2D eigenvalue weighted by atomic mass is 35.5. The van der Waals surface area contributed by atoms with Gasteiger partial charge >= 0.3 is 5.97 Å². The number of nitrogens with zero attached hydrogens (tertiary/aromatic N) is 1. The highest BCUT2D eigenvalue weighted by molar-refractivity contribution is 6.33. The van der Waals surface area contributed by atoms with Crippen LogP contribution in [-0.4, -0.2) is 41.3 Å². The molecule has 2 heterocycles. The highest BCUT2D eigenvalue weighted by Crippen LogP contribution is 2.23. The fourth-order valence-corrected chi connectivity index (χ4v) is 4.16. The number of nitrogens with one attached hydrogen (secondary N) is 2. The van der Waals surface area contributed by atoms with Crippen molar-refractivity contribution in [2.75, 3.05) is 17.7 Å². The minimum absolute atomic E-state index is 0.0410. The van der Waals surface area contributed by atoms with E-state index in [2.05, 4.69) is 10.6 Å². The molecule has 4 N–H and O–H groups in total. The van der Waals surface area contributed by atoms with E-state index in [4.69, 9.17) is 26.8 Å². The van der Waals surface area contributed by atoms with Gasteiger partial charge in [-0.3, -0.25) is 23.7 Å². The Bertz CT molecular complexity index is 1380. The fraction of sp³-hybridized carbons (Fsp3) is 0.231. The molecule has 1 saturated heterocycles. The number of esters is 1. The summed E-state index contributed by atoms with van der Waals surface area (Å²) < 4.78 is 11.8. The van der Waals surface area contributed by atoms with Gasteiger partial charge in [0.2, 0.25) is 12.2 Å². The molecule has 10 nitrogen and oxygen atoms in total. The van der Waals surface area contributed by atoms with Crippen LogP contribution in [0.4, 0.5) is 11.4 Å². The van der Waals surface area contributed by atoms with Crippen LogP contribution in [0.15, 0.2) is 71.7 Å². The van der Waals surface area contributed by atoms with E-state index in [1.165, 1.54) is 35.0 Å². The molecule has 3 aromatic rings. The summed E-state index contributed by atoms with van der Waals surface area (Å²) >= 11 is 6.02. The number of nitrogen functional groups attached to an aromatic ring is 1. The third-order valence-corrected chi connectivity index (χ3v) is 6.08. The lowest BCUT2D eigenvalue weighted by Crippen LogP contribution is -2.46. The second-order valence-corrected chi connectivity index (χ2v) is 8.68. The summed E-state index contributed by atoms with van der Waals surface area (Å²) in [5, 5.41) is 5.56. The average Bonchev–Trinajstić information content (AvgIpc) is 3.22. The number of aromatic nitrogens is 1. The van der Waals surface area contributed by atoms with Crippen LogP contribution < -0.4 is 21.9 Å². The molecule has 11 heteroatoms. The van der Waals surface area contributed by atoms with Gasteiger partial charge in [0, 0.05) is 18.4 Å². The van der Waals surface area contributed by atoms with Crippen LogP contribution in [0.2, 0.25) is 5.02 Å². The predicted molar refractivity (Wildman–Crippen MR) is 137 cm³/mol. The monoisotopic (exact) mass is 524 g/mol. The number of halogens is 1. The van der Waals surface area contributed by atoms with E-state index >= 15 is 0 Å². The van der Waals surface area contributed by atoms with E-state index in [-0.39, 0.29) is 29.3 Å². The molecule has 1 aliphatic rings. The Morgan fingerprint density at radius 2 is 1.92 bits per heavy atom. The van der Waals surface area contributed by atoms with Gasteiger partial charge in [-0.05, 0) is 42.8 Å². The van der Waals surface area contributed by atoms with E-state index in [1.807, 2.05) is 0 Å². The maximum Gasteiger partial charge on any atom is 0.310 e. The summed E-state index contributed by atoms with van der Waals surface area (Å²) in [6.07, 6.45) is 0.463. The standard InChI is InChI=1S/C26H25ClN4O6/c1-2-36-26-20(14-21(32)37-26)30-24(34)22(15-7-4-3-5-8-15)31-12-6-9-19(25(31)35)29-23(33)16-10-11-18(28)17(27)13-16/h3-13,20,22,26H,2,14,28H2,1H3,(H,29,33)(H,30,34)/t20-,22-,26-/m0/s1. The SMILES string of the molecule is CCO[C@H]1OC(=O)C[C@@H]1NC(=O)[C@H](c1ccccc1)n1cccc(NC(=O)c2ccc(N)c(Cl)c2)c1=O. The first kappa shape index (κ1) is 25.9. The van der Waals surface area contributed by atoms with Crippen LogP contribution in [0.3, 0.4) is 0 Å². The van der Waals surface area contributed by atoms with Gasteiger partial charge in [-0.25, -0.2) is 0 Å². The predicted octanol–water partition coefficient (Wildman–Crippen LogP) is 2.72. The molecule has 4 rings (SSSR count). The first-order valence-electron chi connectivity index (χ1n) is 11.5. The van der Waals surface area contributed by atoms with Crippen LogP contribution in [0.1, 0.15) is 35.3 Å². The molecular formula is C26H25ClN4O6. The molecule has 0 aliphatic carbocycles. The summed E-state index contributed by atoms with van der Waals surface area (Å²) in [5.41, 5.74) is 6.10. The van der Waals surface area contributed by atoms with E-state index in [1.54, 1.807) is 43.3 Å². The first-order chi connectivity index (χ1) is 17.8. The van der Waals surface area contributed by atoms with Gasteiger partial charge in [-0.2, -0.15) is 0 Å². The Balaban J connectivity index is 1.65. The van der Waals surface area contributed by atoms with Crippen molar-refractivity contribution in [1.29, 1.82) is 0 Å². The van der Waals surface area contributed by atoms with Gasteiger partial charge in [-0.1, -0.05) is 41.9 Å². The lowest BCUT2D eigenvalue weighted by atomic mass is 10.0. The van der Waals surface area contributed by atoms with E-state index < -0.39 is 41.7 Å². The van der Waals surface area contributed by atoms with Crippen molar-refractivity contribution >= 4 is 40.8 Å². The van der Waals surface area contributed by atoms with E-state index in [0.717, 1.165) is 0 Å². The molecule has 37 heavy (non-hydrogen) atoms. The molecular weight excluding hydrogens is 500 g/mol. The van der Waals surface area contributed by atoms with Gasteiger partial charge in [-0.15, -0.1) is 0 Å². The number of nitrogens with two attached hydrogens (primary N) is 1. The van der Waals surface area contributed by atoms with Crippen LogP contribution in [-0.2, 0) is 19.1 Å². The number of ether oxygens (including phenoxy) is 2. The summed E-state index contributed by atoms with van der Waals surface area (Å²) in [6, 6.07) is 14.2. The minimum Gasteiger partial charge on any atom is -0.433 e. The zero-order valence-corrected chi connectivity index (χ0v) is 20.6. The number of cyclic esters (lactones) is 1. The molecule has 1 fully saturated rings. The Kier molecular flexibility index (Phi) is 7.90. The molecule has 0 bridgehead atoms. The van der Waals surface area contributed by atoms with Gasteiger partial charge in [0.1, 0.15) is 17.8 Å². The third-order valence-electron chi connectivity index (χ3n) is 5.75. The number of benzene rings is 2. The summed E-state index contributed by atoms with van der Waals surface area (Å²) in [6.45, 7) is 2.03. The largest absolute Gasteiger partial charge is 0.433 e. The Morgan fingerprint density at radius 3 is 2.62 bits per heavy atom. The van der Waals surface area contributed by atoms with E-state index in [9.17, 15) is 19.2 Å². The third kappa shape index (κ3) is 5.82. The molecule has 2 amide bonds. The number of amides is 2. The minimum atomic E-state index is -1.10. The summed E-state index contributed by atoms with van der Waals surface area (Å²) in [4.78, 5) is 51.6. The van der Waals surface area contributed by atoms with Crippen molar-refractivity contribution in [2.45, 2.75) is 31.7 Å². The van der Waals surface area contributed by atoms with Crippen molar-refractivity contribution in [3.63, 3.8) is 0 Å². The normalized spacial score (nSPS) is 17.6. The van der Waals surface area contributed by atoms with Crippen molar-refractivity contribution in [3.8, 4) is 0 Å². The molecule has 1 aromatic heterocycles. The second-order valence-electron chi connectivity index (χ2n) is 8.27. The Morgan fingerprint density at radius 1 is 1.16 bits per heavy atom. The van der Waals surface area contributed by atoms with Gasteiger partial charge in [0.15, 0.2) is 0 Å².